The molecule has 0 spiro atoms. The topological polar surface area (TPSA) is 59.8 Å². The van der Waals surface area contributed by atoms with Crippen LogP contribution in [0.15, 0.2) is 64.3 Å². The Labute approximate surface area is 142 Å². The average Bonchev–Trinajstić information content (AvgIpc) is 2.60. The van der Waals surface area contributed by atoms with Crippen molar-refractivity contribution >= 4 is 21.6 Å². The first-order valence-electron chi connectivity index (χ1n) is 7.10. The van der Waals surface area contributed by atoms with Crippen LogP contribution in [0.4, 0.5) is 5.69 Å². The molecule has 0 aliphatic heterocycles. The molecule has 2 heterocycles. The fourth-order valence-electron chi connectivity index (χ4n) is 2.18. The number of benzene rings is 1. The Morgan fingerprint density at radius 3 is 2.61 bits per heavy atom. The number of anilines is 1. The number of pyridine rings is 1. The van der Waals surface area contributed by atoms with Gasteiger partial charge in [0.15, 0.2) is 0 Å². The maximum absolute atomic E-state index is 11.8. The lowest BCUT2D eigenvalue weighted by Gasteiger charge is -2.09. The summed E-state index contributed by atoms with van der Waals surface area (Å²) in [5, 5.41) is 7.23. The summed E-state index contributed by atoms with van der Waals surface area (Å²) in [5.74, 6) is 0. The van der Waals surface area contributed by atoms with Crippen molar-refractivity contribution in [2.45, 2.75) is 6.54 Å². The molecule has 6 heteroatoms. The smallest absolute Gasteiger partial charge is 0.282 e. The minimum Gasteiger partial charge on any atom is -0.379 e. The molecule has 0 atom stereocenters. The first kappa shape index (κ1) is 15.4. The highest BCUT2D eigenvalue weighted by Gasteiger charge is 2.06. The molecule has 23 heavy (non-hydrogen) atoms. The Hall–Kier alpha value is -2.47. The summed E-state index contributed by atoms with van der Waals surface area (Å²) < 4.78 is 1.78. The van der Waals surface area contributed by atoms with Crippen molar-refractivity contribution in [3.63, 3.8) is 0 Å². The fraction of sp³-hybridized carbons (Fsp3) is 0.118. The first-order valence-corrected chi connectivity index (χ1v) is 7.89. The Bertz CT molecular complexity index is 860. The molecule has 0 amide bonds. The highest BCUT2D eigenvalue weighted by molar-refractivity contribution is 9.10. The van der Waals surface area contributed by atoms with E-state index in [1.54, 1.807) is 19.4 Å². The second-order valence-corrected chi connectivity index (χ2v) is 5.89. The number of nitrogens with zero attached hydrogens (tertiary/aromatic N) is 3. The number of rotatable bonds is 4. The van der Waals surface area contributed by atoms with Crippen LogP contribution in [0.25, 0.3) is 11.1 Å². The predicted molar refractivity (Wildman–Crippen MR) is 94.2 cm³/mol. The van der Waals surface area contributed by atoms with Gasteiger partial charge in [-0.3, -0.25) is 9.78 Å². The molecule has 0 saturated carbocycles. The zero-order valence-electron chi connectivity index (χ0n) is 12.5. The third-order valence-corrected chi connectivity index (χ3v) is 4.28. The summed E-state index contributed by atoms with van der Waals surface area (Å²) in [4.78, 5) is 15.9. The van der Waals surface area contributed by atoms with Crippen molar-refractivity contribution in [3.8, 4) is 11.1 Å². The van der Waals surface area contributed by atoms with E-state index in [1.165, 1.54) is 4.68 Å². The lowest BCUT2D eigenvalue weighted by Crippen LogP contribution is -2.21. The van der Waals surface area contributed by atoms with Crippen LogP contribution in [0.5, 0.6) is 0 Å². The Morgan fingerprint density at radius 1 is 1.13 bits per heavy atom. The third-order valence-electron chi connectivity index (χ3n) is 3.51. The van der Waals surface area contributed by atoms with Crippen LogP contribution in [0.2, 0.25) is 0 Å². The normalized spacial score (nSPS) is 10.5. The zero-order valence-corrected chi connectivity index (χ0v) is 14.1. The first-order chi connectivity index (χ1) is 11.1. The maximum atomic E-state index is 11.8. The van der Waals surface area contributed by atoms with E-state index in [2.05, 4.69) is 55.6 Å². The standard InChI is InChI=1S/C17H15BrN4O/c1-22-17(23)16(18)15(11-21-22)20-9-12-4-6-13(7-5-12)14-3-2-8-19-10-14/h2-8,10-11,20H,9H2,1H3. The largest absolute Gasteiger partial charge is 0.379 e. The molecule has 1 N–H and O–H groups in total. The van der Waals surface area contributed by atoms with Gasteiger partial charge in [0, 0.05) is 26.0 Å². The summed E-state index contributed by atoms with van der Waals surface area (Å²) in [6.45, 7) is 0.612. The number of halogens is 1. The van der Waals surface area contributed by atoms with E-state index in [1.807, 2.05) is 18.3 Å². The molecular formula is C17H15BrN4O. The fourth-order valence-corrected chi connectivity index (χ4v) is 2.68. The van der Waals surface area contributed by atoms with Gasteiger partial charge in [0.25, 0.3) is 5.56 Å². The SMILES string of the molecule is Cn1ncc(NCc2ccc(-c3cccnc3)cc2)c(Br)c1=O. The van der Waals surface area contributed by atoms with E-state index in [-0.39, 0.29) is 5.56 Å². The second kappa shape index (κ2) is 6.75. The Kier molecular flexibility index (Phi) is 4.52. The van der Waals surface area contributed by atoms with Crippen molar-refractivity contribution < 1.29 is 0 Å². The van der Waals surface area contributed by atoms with Crippen LogP contribution >= 0.6 is 15.9 Å². The van der Waals surface area contributed by atoms with Crippen LogP contribution < -0.4 is 10.9 Å². The number of aryl methyl sites for hydroxylation is 1. The number of hydrogen-bond acceptors (Lipinski definition) is 4. The molecule has 0 saturated heterocycles. The highest BCUT2D eigenvalue weighted by atomic mass is 79.9. The van der Waals surface area contributed by atoms with Crippen LogP contribution in [-0.2, 0) is 13.6 Å². The van der Waals surface area contributed by atoms with Gasteiger partial charge in [-0.05, 0) is 38.7 Å². The molecule has 0 radical (unpaired) electrons. The minimum absolute atomic E-state index is 0.165. The molecule has 2 aromatic heterocycles. The molecule has 116 valence electrons. The van der Waals surface area contributed by atoms with Gasteiger partial charge in [0.2, 0.25) is 0 Å². The minimum atomic E-state index is -0.165. The molecule has 0 aliphatic carbocycles. The summed E-state index contributed by atoms with van der Waals surface area (Å²) in [6.07, 6.45) is 5.24. The van der Waals surface area contributed by atoms with Gasteiger partial charge in [0.05, 0.1) is 11.9 Å². The van der Waals surface area contributed by atoms with Crippen LogP contribution in [0.3, 0.4) is 0 Å². The predicted octanol–water partition coefficient (Wildman–Crippen LogP) is 3.22. The van der Waals surface area contributed by atoms with Crippen molar-refractivity contribution in [2.24, 2.45) is 7.05 Å². The van der Waals surface area contributed by atoms with Gasteiger partial charge in [0.1, 0.15) is 4.47 Å². The van der Waals surface area contributed by atoms with Gasteiger partial charge in [-0.25, -0.2) is 4.68 Å². The van der Waals surface area contributed by atoms with Crippen molar-refractivity contribution in [1.29, 1.82) is 0 Å². The van der Waals surface area contributed by atoms with Gasteiger partial charge < -0.3 is 5.32 Å². The number of nitrogens with one attached hydrogen (secondary N) is 1. The van der Waals surface area contributed by atoms with E-state index in [0.29, 0.717) is 16.7 Å². The number of aromatic nitrogens is 3. The molecule has 3 aromatic rings. The Morgan fingerprint density at radius 2 is 1.91 bits per heavy atom. The molecular weight excluding hydrogens is 356 g/mol. The molecule has 0 aliphatic rings. The molecule has 1 aromatic carbocycles. The third kappa shape index (κ3) is 3.48. The van der Waals surface area contributed by atoms with Crippen molar-refractivity contribution in [1.82, 2.24) is 14.8 Å². The average molecular weight is 371 g/mol. The summed E-state index contributed by atoms with van der Waals surface area (Å²) in [6, 6.07) is 12.2. The second-order valence-electron chi connectivity index (χ2n) is 5.09. The van der Waals surface area contributed by atoms with Gasteiger partial charge >= 0.3 is 0 Å². The molecule has 0 unspecified atom stereocenters. The van der Waals surface area contributed by atoms with Gasteiger partial charge in [-0.2, -0.15) is 5.10 Å². The monoisotopic (exact) mass is 370 g/mol. The highest BCUT2D eigenvalue weighted by Crippen LogP contribution is 2.20. The number of hydrogen-bond donors (Lipinski definition) is 1. The summed E-state index contributed by atoms with van der Waals surface area (Å²) >= 11 is 3.30. The van der Waals surface area contributed by atoms with E-state index >= 15 is 0 Å². The lowest BCUT2D eigenvalue weighted by molar-refractivity contribution is 0.703. The van der Waals surface area contributed by atoms with E-state index in [9.17, 15) is 4.79 Å². The summed E-state index contributed by atoms with van der Waals surface area (Å²) in [5.41, 5.74) is 3.85. The van der Waals surface area contributed by atoms with Crippen LogP contribution in [0.1, 0.15) is 5.56 Å². The maximum Gasteiger partial charge on any atom is 0.282 e. The molecule has 5 nitrogen and oxygen atoms in total. The molecule has 3 rings (SSSR count). The quantitative estimate of drug-likeness (QED) is 0.765. The zero-order chi connectivity index (χ0) is 16.2. The van der Waals surface area contributed by atoms with Crippen LogP contribution in [0, 0.1) is 0 Å². The van der Waals surface area contributed by atoms with Gasteiger partial charge in [-0.1, -0.05) is 30.3 Å². The molecule has 0 fully saturated rings. The molecule has 0 bridgehead atoms. The van der Waals surface area contributed by atoms with E-state index < -0.39 is 0 Å². The van der Waals surface area contributed by atoms with E-state index in [0.717, 1.165) is 16.7 Å². The van der Waals surface area contributed by atoms with Gasteiger partial charge in [-0.15, -0.1) is 0 Å². The van der Waals surface area contributed by atoms with E-state index in [4.69, 9.17) is 0 Å². The summed E-state index contributed by atoms with van der Waals surface area (Å²) in [7, 11) is 1.62. The van der Waals surface area contributed by atoms with Crippen molar-refractivity contribution in [2.75, 3.05) is 5.32 Å². The van der Waals surface area contributed by atoms with Crippen molar-refractivity contribution in [3.05, 3.63) is 75.4 Å². The van der Waals surface area contributed by atoms with Crippen LogP contribution in [-0.4, -0.2) is 14.8 Å². The lowest BCUT2D eigenvalue weighted by atomic mass is 10.1. The Balaban J connectivity index is 1.72.